The minimum Gasteiger partial charge on any atom is -0.444 e. The smallest absolute Gasteiger partial charge is 0.408 e. The average Bonchev–Trinajstić information content (AvgIpc) is 3.65. The third-order valence-corrected chi connectivity index (χ3v) is 7.64. The van der Waals surface area contributed by atoms with Crippen molar-refractivity contribution in [1.29, 1.82) is 0 Å². The molecule has 37 heavy (non-hydrogen) atoms. The van der Waals surface area contributed by atoms with Crippen molar-refractivity contribution < 1.29 is 19.1 Å². The van der Waals surface area contributed by atoms with Gasteiger partial charge in [-0.3, -0.25) is 9.59 Å². The van der Waals surface area contributed by atoms with E-state index in [0.717, 1.165) is 55.2 Å². The molecule has 0 heterocycles. The summed E-state index contributed by atoms with van der Waals surface area (Å²) in [4.78, 5) is 42.6. The number of carbonyl (C=O) groups excluding carboxylic acids is 3. The van der Waals surface area contributed by atoms with E-state index in [1.165, 1.54) is 6.42 Å². The Bertz CT molecular complexity index is 951. The van der Waals surface area contributed by atoms with E-state index < -0.39 is 23.8 Å². The highest BCUT2D eigenvalue weighted by atomic mass is 32.2. The van der Waals surface area contributed by atoms with Gasteiger partial charge in [-0.15, -0.1) is 0 Å². The van der Waals surface area contributed by atoms with Gasteiger partial charge in [0.1, 0.15) is 17.7 Å². The third-order valence-electron chi connectivity index (χ3n) is 6.99. The van der Waals surface area contributed by atoms with Crippen molar-refractivity contribution in [1.82, 2.24) is 15.5 Å². The Morgan fingerprint density at radius 2 is 1.76 bits per heavy atom. The Balaban J connectivity index is 1.95. The van der Waals surface area contributed by atoms with Crippen molar-refractivity contribution in [3.63, 3.8) is 0 Å². The van der Waals surface area contributed by atoms with E-state index in [1.807, 2.05) is 32.2 Å². The van der Waals surface area contributed by atoms with Gasteiger partial charge < -0.3 is 20.3 Å². The molecule has 8 heteroatoms. The van der Waals surface area contributed by atoms with Crippen molar-refractivity contribution >= 4 is 29.7 Å². The largest absolute Gasteiger partial charge is 0.444 e. The second kappa shape index (κ2) is 13.0. The molecule has 1 aromatic rings. The summed E-state index contributed by atoms with van der Waals surface area (Å²) in [6.07, 6.45) is 8.90. The van der Waals surface area contributed by atoms with E-state index in [2.05, 4.69) is 16.7 Å². The lowest BCUT2D eigenvalue weighted by Gasteiger charge is -2.36. The minimum absolute atomic E-state index is 0.0208. The van der Waals surface area contributed by atoms with Gasteiger partial charge >= 0.3 is 6.09 Å². The second-order valence-electron chi connectivity index (χ2n) is 11.6. The highest BCUT2D eigenvalue weighted by Gasteiger charge is 2.44. The van der Waals surface area contributed by atoms with Gasteiger partial charge in [0.25, 0.3) is 0 Å². The van der Waals surface area contributed by atoms with E-state index in [4.69, 9.17) is 4.74 Å². The lowest BCUT2D eigenvalue weighted by Crippen LogP contribution is -2.54. The second-order valence-corrected chi connectivity index (χ2v) is 12.5. The topological polar surface area (TPSA) is 87.7 Å². The number of benzene rings is 1. The average molecular weight is 532 g/mol. The summed E-state index contributed by atoms with van der Waals surface area (Å²) in [5, 5.41) is 6.11. The van der Waals surface area contributed by atoms with Crippen molar-refractivity contribution in [2.24, 2.45) is 0 Å². The van der Waals surface area contributed by atoms with Gasteiger partial charge in [0, 0.05) is 12.1 Å². The van der Waals surface area contributed by atoms with Crippen LogP contribution < -0.4 is 10.6 Å². The number of hydrogen-bond acceptors (Lipinski definition) is 5. The van der Waals surface area contributed by atoms with Crippen molar-refractivity contribution in [3.05, 3.63) is 34.9 Å². The molecule has 0 spiro atoms. The van der Waals surface area contributed by atoms with Crippen LogP contribution in [-0.4, -0.2) is 58.5 Å². The number of nitrogens with one attached hydrogen (secondary N) is 2. The highest BCUT2D eigenvalue weighted by molar-refractivity contribution is 7.98. The van der Waals surface area contributed by atoms with Crippen LogP contribution in [0.2, 0.25) is 0 Å². The van der Waals surface area contributed by atoms with E-state index in [9.17, 15) is 14.4 Å². The molecule has 2 saturated carbocycles. The van der Waals surface area contributed by atoms with Crippen LogP contribution in [0.4, 0.5) is 4.79 Å². The van der Waals surface area contributed by atoms with Gasteiger partial charge in [-0.25, -0.2) is 4.79 Å². The number of thioether (sulfide) groups is 1. The van der Waals surface area contributed by atoms with E-state index in [1.54, 1.807) is 37.4 Å². The van der Waals surface area contributed by atoms with Gasteiger partial charge in [0.2, 0.25) is 11.8 Å². The first-order valence-electron chi connectivity index (χ1n) is 13.7. The number of aryl methyl sites for hydroxylation is 2. The third kappa shape index (κ3) is 8.66. The Kier molecular flexibility index (Phi) is 10.3. The molecule has 2 N–H and O–H groups in total. The summed E-state index contributed by atoms with van der Waals surface area (Å²) >= 11 is 1.62. The highest BCUT2D eigenvalue weighted by Crippen LogP contribution is 2.37. The molecule has 0 radical (unpaired) electrons. The number of carbonyl (C=O) groups is 3. The summed E-state index contributed by atoms with van der Waals surface area (Å²) < 4.78 is 5.47. The molecule has 2 fully saturated rings. The normalized spacial score (nSPS) is 18.0. The lowest BCUT2D eigenvalue weighted by molar-refractivity contribution is -0.143. The summed E-state index contributed by atoms with van der Waals surface area (Å²) in [7, 11) is 0. The number of alkyl carbamates (subject to hydrolysis) is 1. The van der Waals surface area contributed by atoms with Crippen LogP contribution in [0.3, 0.4) is 0 Å². The number of hydrogen-bond donors (Lipinski definition) is 2. The predicted octanol–water partition coefficient (Wildman–Crippen LogP) is 5.43. The van der Waals surface area contributed by atoms with Crippen LogP contribution in [0, 0.1) is 13.8 Å². The maximum Gasteiger partial charge on any atom is 0.408 e. The zero-order chi connectivity index (χ0) is 27.2. The monoisotopic (exact) mass is 531 g/mol. The molecule has 1 aromatic carbocycles. The molecule has 2 aliphatic carbocycles. The first kappa shape index (κ1) is 29.3. The fourth-order valence-electron chi connectivity index (χ4n) is 5.07. The fourth-order valence-corrected chi connectivity index (χ4v) is 5.54. The summed E-state index contributed by atoms with van der Waals surface area (Å²) in [5.74, 6) is 0.360. The number of nitrogens with zero attached hydrogens (tertiary/aromatic N) is 1. The zero-order valence-corrected chi connectivity index (χ0v) is 24.2. The van der Waals surface area contributed by atoms with Crippen LogP contribution >= 0.6 is 11.8 Å². The van der Waals surface area contributed by atoms with Crippen LogP contribution in [0.15, 0.2) is 18.2 Å². The molecule has 0 aromatic heterocycles. The summed E-state index contributed by atoms with van der Waals surface area (Å²) in [6.45, 7) is 9.43. The van der Waals surface area contributed by atoms with E-state index in [-0.39, 0.29) is 23.9 Å². The Labute approximate surface area is 226 Å². The van der Waals surface area contributed by atoms with E-state index in [0.29, 0.717) is 12.2 Å². The standard InChI is InChI=1S/C29H45N3O4S/c1-19-12-15-23(20(2)18-19)25(26(33)30-21-10-8-7-9-11-21)32(22-13-14-22)27(34)24(16-17-37-6)31-28(35)36-29(3,4)5/h12,15,18,21-22,24-25H,7-11,13-14,16-17H2,1-6H3,(H,30,33)(H,31,35). The van der Waals surface area contributed by atoms with E-state index >= 15 is 0 Å². The van der Waals surface area contributed by atoms with Crippen molar-refractivity contribution in [3.8, 4) is 0 Å². The van der Waals surface area contributed by atoms with Gasteiger partial charge in [-0.1, -0.05) is 43.0 Å². The molecule has 0 bridgehead atoms. The minimum atomic E-state index is -0.765. The maximum absolute atomic E-state index is 14.2. The number of amides is 3. The van der Waals surface area contributed by atoms with Crippen LogP contribution in [0.25, 0.3) is 0 Å². The maximum atomic E-state index is 14.2. The van der Waals surface area contributed by atoms with Gasteiger partial charge in [0.05, 0.1) is 0 Å². The van der Waals surface area contributed by atoms with Crippen LogP contribution in [-0.2, 0) is 14.3 Å². The van der Waals surface area contributed by atoms with Crippen LogP contribution in [0.5, 0.6) is 0 Å². The van der Waals surface area contributed by atoms with Gasteiger partial charge in [-0.05, 0) is 89.9 Å². The van der Waals surface area contributed by atoms with Gasteiger partial charge in [0.15, 0.2) is 0 Å². The molecule has 7 nitrogen and oxygen atoms in total. The summed E-state index contributed by atoms with van der Waals surface area (Å²) in [5.41, 5.74) is 2.28. The molecule has 3 rings (SSSR count). The first-order chi connectivity index (χ1) is 17.5. The molecule has 0 saturated heterocycles. The zero-order valence-electron chi connectivity index (χ0n) is 23.4. The quantitative estimate of drug-likeness (QED) is 0.420. The molecule has 2 aliphatic rings. The molecule has 0 aliphatic heterocycles. The summed E-state index contributed by atoms with van der Waals surface area (Å²) in [6, 6.07) is 4.67. The van der Waals surface area contributed by atoms with Gasteiger partial charge in [-0.2, -0.15) is 11.8 Å². The molecule has 206 valence electrons. The predicted molar refractivity (Wildman–Crippen MR) is 150 cm³/mol. The molecular weight excluding hydrogens is 486 g/mol. The van der Waals surface area contributed by atoms with Crippen LogP contribution in [0.1, 0.15) is 94.9 Å². The number of ether oxygens (including phenoxy) is 1. The SMILES string of the molecule is CSCCC(NC(=O)OC(C)(C)C)C(=O)N(C1CC1)C(C(=O)NC1CCCCC1)c1ccc(C)cc1C. The fraction of sp³-hybridized carbons (Fsp3) is 0.690. The Hall–Kier alpha value is -2.22. The molecule has 2 atom stereocenters. The first-order valence-corrected chi connectivity index (χ1v) is 15.1. The van der Waals surface area contributed by atoms with Crippen molar-refractivity contribution in [2.45, 2.75) is 116 Å². The number of rotatable bonds is 10. The lowest BCUT2D eigenvalue weighted by atomic mass is 9.93. The Morgan fingerprint density at radius 1 is 1.08 bits per heavy atom. The molecular formula is C29H45N3O4S. The molecule has 2 unspecified atom stereocenters. The Morgan fingerprint density at radius 3 is 2.32 bits per heavy atom. The van der Waals surface area contributed by atoms with Crippen molar-refractivity contribution in [2.75, 3.05) is 12.0 Å². The molecule has 3 amide bonds.